The number of aliphatic hydroxyl groups is 1. The summed E-state index contributed by atoms with van der Waals surface area (Å²) < 4.78 is 28.5. The average Bonchev–Trinajstić information content (AvgIpc) is 2.93. The molecule has 0 bridgehead atoms. The summed E-state index contributed by atoms with van der Waals surface area (Å²) in [4.78, 5) is 11.5. The van der Waals surface area contributed by atoms with E-state index in [-0.39, 0.29) is 17.1 Å². The van der Waals surface area contributed by atoms with Gasteiger partial charge in [0.1, 0.15) is 25.7 Å². The molecule has 0 aromatic heterocycles. The molecule has 0 fully saturated rings. The predicted octanol–water partition coefficient (Wildman–Crippen LogP) is 3.44. The number of nitro groups is 1. The van der Waals surface area contributed by atoms with E-state index in [9.17, 15) is 23.6 Å². The molecular formula is C29H30N3O5S+. The fourth-order valence-electron chi connectivity index (χ4n) is 4.37. The van der Waals surface area contributed by atoms with E-state index in [1.807, 2.05) is 60.7 Å². The third-order valence-corrected chi connectivity index (χ3v) is 7.98. The lowest BCUT2D eigenvalue weighted by molar-refractivity contribution is -0.930. The highest BCUT2D eigenvalue weighted by Gasteiger charge is 2.29. The summed E-state index contributed by atoms with van der Waals surface area (Å²) in [5, 5.41) is 22.3. The lowest BCUT2D eigenvalue weighted by Crippen LogP contribution is -3.10. The average molecular weight is 533 g/mol. The van der Waals surface area contributed by atoms with Gasteiger partial charge < -0.3 is 10.0 Å². The Morgan fingerprint density at radius 3 is 1.71 bits per heavy atom. The second-order valence-corrected chi connectivity index (χ2v) is 10.9. The molecule has 0 saturated carbocycles. The first-order valence-electron chi connectivity index (χ1n) is 12.2. The Labute approximate surface area is 222 Å². The summed E-state index contributed by atoms with van der Waals surface area (Å²) in [6.45, 7) is 1.46. The first-order valence-corrected chi connectivity index (χ1v) is 13.7. The van der Waals surface area contributed by atoms with Crippen molar-refractivity contribution in [1.82, 2.24) is 0 Å². The van der Waals surface area contributed by atoms with Crippen LogP contribution in [0.2, 0.25) is 0 Å². The van der Waals surface area contributed by atoms with Crippen LogP contribution in [-0.2, 0) is 23.1 Å². The molecule has 4 aromatic rings. The third kappa shape index (κ3) is 7.04. The number of aliphatic hydroxyl groups excluding tert-OH is 1. The van der Waals surface area contributed by atoms with Crippen LogP contribution >= 0.6 is 0 Å². The molecule has 0 aliphatic heterocycles. The standard InChI is InChI=1S/C29H29N3O5S/c33-28(22-30(20-24-10-4-1-5-11-24)21-25-12-6-2-7-13-25)23-31(26-14-8-3-9-15-26)38(36,37)29-18-16-27(17-19-29)32(34)35/h1-19,28,33H,20-23H2/p+1/t28-/m1/s1. The van der Waals surface area contributed by atoms with Gasteiger partial charge in [0.05, 0.1) is 22.1 Å². The number of benzene rings is 4. The van der Waals surface area contributed by atoms with Crippen molar-refractivity contribution >= 4 is 21.4 Å². The molecule has 0 aliphatic rings. The van der Waals surface area contributed by atoms with Gasteiger partial charge in [-0.15, -0.1) is 0 Å². The molecule has 0 unspecified atom stereocenters. The molecule has 0 radical (unpaired) electrons. The molecule has 2 N–H and O–H groups in total. The van der Waals surface area contributed by atoms with E-state index in [0.717, 1.165) is 28.2 Å². The van der Waals surface area contributed by atoms with E-state index in [0.29, 0.717) is 25.3 Å². The second-order valence-electron chi connectivity index (χ2n) is 9.06. The molecule has 38 heavy (non-hydrogen) atoms. The Balaban J connectivity index is 1.58. The van der Waals surface area contributed by atoms with Crippen LogP contribution in [0.1, 0.15) is 11.1 Å². The number of anilines is 1. The minimum absolute atomic E-state index is 0.0862. The molecule has 0 saturated heterocycles. The molecule has 0 heterocycles. The summed E-state index contributed by atoms with van der Waals surface area (Å²) in [6, 6.07) is 33.3. The fourth-order valence-corrected chi connectivity index (χ4v) is 5.87. The molecule has 0 amide bonds. The minimum Gasteiger partial charge on any atom is -0.385 e. The van der Waals surface area contributed by atoms with Crippen LogP contribution in [0.4, 0.5) is 11.4 Å². The topological polar surface area (TPSA) is 105 Å². The number of nitrogens with zero attached hydrogens (tertiary/aromatic N) is 2. The SMILES string of the molecule is O=[N+]([O-])c1ccc(S(=O)(=O)N(C[C@H](O)C[NH+](Cc2ccccc2)Cc2ccccc2)c2ccccc2)cc1. The van der Waals surface area contributed by atoms with Gasteiger partial charge >= 0.3 is 0 Å². The van der Waals surface area contributed by atoms with E-state index in [4.69, 9.17) is 0 Å². The number of hydrogen-bond donors (Lipinski definition) is 2. The first kappa shape index (κ1) is 27.0. The molecule has 0 spiro atoms. The van der Waals surface area contributed by atoms with Gasteiger partial charge in [0.15, 0.2) is 0 Å². The molecular weight excluding hydrogens is 502 g/mol. The number of hydrogen-bond acceptors (Lipinski definition) is 5. The van der Waals surface area contributed by atoms with Crippen molar-refractivity contribution in [2.75, 3.05) is 17.4 Å². The minimum atomic E-state index is -4.10. The summed E-state index contributed by atoms with van der Waals surface area (Å²) in [5.41, 5.74) is 2.43. The van der Waals surface area contributed by atoms with E-state index >= 15 is 0 Å². The third-order valence-electron chi connectivity index (χ3n) is 6.17. The summed E-state index contributed by atoms with van der Waals surface area (Å²) in [5.74, 6) is 0. The van der Waals surface area contributed by atoms with Crippen molar-refractivity contribution in [3.8, 4) is 0 Å². The Hall–Kier alpha value is -4.05. The largest absolute Gasteiger partial charge is 0.385 e. The van der Waals surface area contributed by atoms with E-state index in [2.05, 4.69) is 0 Å². The lowest BCUT2D eigenvalue weighted by Gasteiger charge is -2.29. The number of nitro benzene ring substituents is 1. The molecule has 9 heteroatoms. The van der Waals surface area contributed by atoms with Crippen molar-refractivity contribution in [3.05, 3.63) is 137 Å². The smallest absolute Gasteiger partial charge is 0.269 e. The van der Waals surface area contributed by atoms with Gasteiger partial charge in [-0.3, -0.25) is 14.4 Å². The van der Waals surface area contributed by atoms with Crippen molar-refractivity contribution in [3.63, 3.8) is 0 Å². The maximum atomic E-state index is 13.7. The maximum Gasteiger partial charge on any atom is 0.269 e. The Morgan fingerprint density at radius 2 is 1.24 bits per heavy atom. The van der Waals surface area contributed by atoms with Gasteiger partial charge in [0, 0.05) is 23.3 Å². The van der Waals surface area contributed by atoms with Crippen molar-refractivity contribution in [2.45, 2.75) is 24.1 Å². The highest BCUT2D eigenvalue weighted by Crippen LogP contribution is 2.25. The molecule has 1 atom stereocenters. The summed E-state index contributed by atoms with van der Waals surface area (Å²) in [7, 11) is -4.10. The van der Waals surface area contributed by atoms with Gasteiger partial charge in [-0.25, -0.2) is 8.42 Å². The number of rotatable bonds is 12. The second kappa shape index (κ2) is 12.5. The van der Waals surface area contributed by atoms with E-state index < -0.39 is 21.1 Å². The van der Waals surface area contributed by atoms with Gasteiger partial charge in [-0.1, -0.05) is 78.9 Å². The Morgan fingerprint density at radius 1 is 0.763 bits per heavy atom. The predicted molar refractivity (Wildman–Crippen MR) is 146 cm³/mol. The van der Waals surface area contributed by atoms with E-state index in [1.165, 1.54) is 16.4 Å². The van der Waals surface area contributed by atoms with E-state index in [1.54, 1.807) is 30.3 Å². The monoisotopic (exact) mass is 532 g/mol. The zero-order valence-corrected chi connectivity index (χ0v) is 21.6. The van der Waals surface area contributed by atoms with Crippen molar-refractivity contribution < 1.29 is 23.3 Å². The number of quaternary nitrogens is 1. The van der Waals surface area contributed by atoms with Crippen LogP contribution in [0.15, 0.2) is 120 Å². The van der Waals surface area contributed by atoms with Crippen molar-refractivity contribution in [1.29, 1.82) is 0 Å². The zero-order chi connectivity index (χ0) is 27.0. The van der Waals surface area contributed by atoms with Gasteiger partial charge in [-0.2, -0.15) is 0 Å². The summed E-state index contributed by atoms with van der Waals surface area (Å²) >= 11 is 0. The van der Waals surface area contributed by atoms with Gasteiger partial charge in [0.2, 0.25) is 0 Å². The quantitative estimate of drug-likeness (QED) is 0.215. The van der Waals surface area contributed by atoms with Crippen LogP contribution in [0.3, 0.4) is 0 Å². The zero-order valence-electron chi connectivity index (χ0n) is 20.8. The van der Waals surface area contributed by atoms with Crippen LogP contribution in [0, 0.1) is 10.1 Å². The van der Waals surface area contributed by atoms with Crippen LogP contribution in [-0.4, -0.2) is 37.6 Å². The number of nitrogens with one attached hydrogen (secondary N) is 1. The molecule has 0 aliphatic carbocycles. The molecule has 4 aromatic carbocycles. The fraction of sp³-hybridized carbons (Fsp3) is 0.172. The van der Waals surface area contributed by atoms with Crippen molar-refractivity contribution in [2.24, 2.45) is 0 Å². The van der Waals surface area contributed by atoms with Crippen LogP contribution in [0.25, 0.3) is 0 Å². The Kier molecular flexibility index (Phi) is 8.85. The normalized spacial score (nSPS) is 12.3. The first-order chi connectivity index (χ1) is 18.3. The summed E-state index contributed by atoms with van der Waals surface area (Å²) in [6.07, 6.45) is -0.981. The lowest BCUT2D eigenvalue weighted by atomic mass is 10.1. The molecule has 4 rings (SSSR count). The highest BCUT2D eigenvalue weighted by atomic mass is 32.2. The van der Waals surface area contributed by atoms with Crippen LogP contribution < -0.4 is 9.21 Å². The number of non-ortho nitro benzene ring substituents is 1. The Bertz CT molecular complexity index is 1380. The molecule has 8 nitrogen and oxygen atoms in total. The highest BCUT2D eigenvalue weighted by molar-refractivity contribution is 7.92. The number of para-hydroxylation sites is 1. The van der Waals surface area contributed by atoms with Crippen LogP contribution in [0.5, 0.6) is 0 Å². The maximum absolute atomic E-state index is 13.7. The molecule has 196 valence electrons. The van der Waals surface area contributed by atoms with Gasteiger partial charge in [0.25, 0.3) is 15.7 Å². The number of sulfonamides is 1. The van der Waals surface area contributed by atoms with Gasteiger partial charge in [-0.05, 0) is 24.3 Å².